The summed E-state index contributed by atoms with van der Waals surface area (Å²) in [5, 5.41) is 3.51. The lowest BCUT2D eigenvalue weighted by molar-refractivity contribution is 0.455. The molecule has 86 valence electrons. The summed E-state index contributed by atoms with van der Waals surface area (Å²) in [6, 6.07) is 0.509. The molecule has 0 amide bonds. The van der Waals surface area contributed by atoms with Crippen LogP contribution in [0.3, 0.4) is 0 Å². The second kappa shape index (κ2) is 6.35. The molecule has 0 aromatic heterocycles. The van der Waals surface area contributed by atoms with E-state index in [2.05, 4.69) is 34.3 Å². The van der Waals surface area contributed by atoms with Crippen molar-refractivity contribution in [3.8, 4) is 0 Å². The molecular formula is C11H20IN3. The average Bonchev–Trinajstić information content (AvgIpc) is 2.67. The smallest absolute Gasteiger partial charge is 0.194 e. The highest BCUT2D eigenvalue weighted by Gasteiger charge is 2.17. The van der Waals surface area contributed by atoms with E-state index in [1.165, 1.54) is 19.3 Å². The molecule has 2 aliphatic rings. The van der Waals surface area contributed by atoms with E-state index in [0.717, 1.165) is 25.6 Å². The average molecular weight is 321 g/mol. The Balaban J connectivity index is 0.00000112. The van der Waals surface area contributed by atoms with Crippen molar-refractivity contribution in [1.29, 1.82) is 0 Å². The van der Waals surface area contributed by atoms with Crippen LogP contribution in [-0.2, 0) is 0 Å². The molecule has 3 nitrogen and oxygen atoms in total. The third kappa shape index (κ3) is 3.36. The van der Waals surface area contributed by atoms with Gasteiger partial charge in [0.1, 0.15) is 0 Å². The maximum Gasteiger partial charge on any atom is 0.194 e. The molecule has 1 aliphatic heterocycles. The Morgan fingerprint density at radius 3 is 3.13 bits per heavy atom. The highest BCUT2D eigenvalue weighted by Crippen LogP contribution is 2.11. The van der Waals surface area contributed by atoms with Crippen molar-refractivity contribution in [1.82, 2.24) is 10.2 Å². The summed E-state index contributed by atoms with van der Waals surface area (Å²) in [6.45, 7) is 5.27. The Hall–Kier alpha value is -0.260. The van der Waals surface area contributed by atoms with Gasteiger partial charge in [0, 0.05) is 19.1 Å². The van der Waals surface area contributed by atoms with Gasteiger partial charge in [0.05, 0.1) is 6.54 Å². The summed E-state index contributed by atoms with van der Waals surface area (Å²) in [4.78, 5) is 6.79. The summed E-state index contributed by atoms with van der Waals surface area (Å²) in [5.41, 5.74) is 0. The van der Waals surface area contributed by atoms with Crippen molar-refractivity contribution in [2.45, 2.75) is 32.2 Å². The fourth-order valence-corrected chi connectivity index (χ4v) is 2.03. The molecule has 2 rings (SSSR count). The molecule has 15 heavy (non-hydrogen) atoms. The first-order chi connectivity index (χ1) is 6.90. The molecule has 0 aromatic carbocycles. The first-order valence-corrected chi connectivity index (χ1v) is 5.62. The number of nitrogens with zero attached hydrogens (tertiary/aromatic N) is 2. The topological polar surface area (TPSA) is 27.6 Å². The molecule has 4 heteroatoms. The predicted molar refractivity (Wildman–Crippen MR) is 74.9 cm³/mol. The lowest BCUT2D eigenvalue weighted by atomic mass is 10.0. The second-order valence-corrected chi connectivity index (χ2v) is 3.89. The van der Waals surface area contributed by atoms with Crippen LogP contribution >= 0.6 is 24.0 Å². The number of likely N-dealkylation sites (N-methyl/N-ethyl adjacent to an activating group) is 1. The van der Waals surface area contributed by atoms with Crippen molar-refractivity contribution >= 4 is 29.9 Å². The van der Waals surface area contributed by atoms with Gasteiger partial charge in [-0.15, -0.1) is 24.0 Å². The third-order valence-corrected chi connectivity index (χ3v) is 2.88. The molecule has 1 atom stereocenters. The zero-order valence-electron chi connectivity index (χ0n) is 9.28. The summed E-state index contributed by atoms with van der Waals surface area (Å²) >= 11 is 0. The molecule has 0 bridgehead atoms. The van der Waals surface area contributed by atoms with Gasteiger partial charge < -0.3 is 10.2 Å². The van der Waals surface area contributed by atoms with Crippen LogP contribution in [0.1, 0.15) is 26.2 Å². The van der Waals surface area contributed by atoms with Crippen LogP contribution in [0.4, 0.5) is 0 Å². The lowest BCUT2D eigenvalue weighted by Gasteiger charge is -2.24. The van der Waals surface area contributed by atoms with Crippen LogP contribution in [0.2, 0.25) is 0 Å². The van der Waals surface area contributed by atoms with Gasteiger partial charge in [-0.25, -0.2) is 0 Å². The van der Waals surface area contributed by atoms with Gasteiger partial charge in [-0.3, -0.25) is 4.99 Å². The van der Waals surface area contributed by atoms with Crippen LogP contribution in [0.25, 0.3) is 0 Å². The number of aliphatic imine (C=N–C) groups is 1. The first-order valence-electron chi connectivity index (χ1n) is 5.62. The Labute approximate surface area is 109 Å². The maximum absolute atomic E-state index is 4.48. The van der Waals surface area contributed by atoms with E-state index < -0.39 is 0 Å². The number of halogens is 1. The molecule has 1 heterocycles. The minimum absolute atomic E-state index is 0. The minimum Gasteiger partial charge on any atom is -0.350 e. The fourth-order valence-electron chi connectivity index (χ4n) is 2.03. The van der Waals surface area contributed by atoms with Crippen molar-refractivity contribution in [2.75, 3.05) is 19.6 Å². The third-order valence-electron chi connectivity index (χ3n) is 2.88. The Morgan fingerprint density at radius 1 is 1.60 bits per heavy atom. The number of hydrogen-bond donors (Lipinski definition) is 1. The first kappa shape index (κ1) is 12.8. The number of guanidine groups is 1. The quantitative estimate of drug-likeness (QED) is 0.622. The van der Waals surface area contributed by atoms with Crippen molar-refractivity contribution < 1.29 is 0 Å². The summed E-state index contributed by atoms with van der Waals surface area (Å²) in [6.07, 6.45) is 8.33. The molecular weight excluding hydrogens is 301 g/mol. The van der Waals surface area contributed by atoms with Gasteiger partial charge in [0.2, 0.25) is 0 Å². The van der Waals surface area contributed by atoms with Crippen LogP contribution in [0.15, 0.2) is 17.1 Å². The molecule has 1 aliphatic carbocycles. The predicted octanol–water partition coefficient (Wildman–Crippen LogP) is 1.99. The maximum atomic E-state index is 4.48. The lowest BCUT2D eigenvalue weighted by Crippen LogP contribution is -2.43. The molecule has 1 unspecified atom stereocenters. The second-order valence-electron chi connectivity index (χ2n) is 3.89. The highest BCUT2D eigenvalue weighted by molar-refractivity contribution is 14.0. The highest BCUT2D eigenvalue weighted by atomic mass is 127. The van der Waals surface area contributed by atoms with E-state index >= 15 is 0 Å². The van der Waals surface area contributed by atoms with E-state index in [-0.39, 0.29) is 24.0 Å². The van der Waals surface area contributed by atoms with E-state index in [4.69, 9.17) is 0 Å². The van der Waals surface area contributed by atoms with Gasteiger partial charge in [0.25, 0.3) is 0 Å². The van der Waals surface area contributed by atoms with E-state index in [1.54, 1.807) is 0 Å². The Kier molecular flexibility index (Phi) is 5.42. The summed E-state index contributed by atoms with van der Waals surface area (Å²) in [5.74, 6) is 1.10. The summed E-state index contributed by atoms with van der Waals surface area (Å²) in [7, 11) is 0. The zero-order chi connectivity index (χ0) is 9.80. The van der Waals surface area contributed by atoms with Crippen LogP contribution in [0, 0.1) is 0 Å². The van der Waals surface area contributed by atoms with Gasteiger partial charge in [0.15, 0.2) is 5.96 Å². The molecule has 0 radical (unpaired) electrons. The molecule has 0 saturated carbocycles. The van der Waals surface area contributed by atoms with Crippen LogP contribution < -0.4 is 5.32 Å². The fraction of sp³-hybridized carbons (Fsp3) is 0.727. The van der Waals surface area contributed by atoms with E-state index in [0.29, 0.717) is 6.04 Å². The van der Waals surface area contributed by atoms with Gasteiger partial charge in [-0.2, -0.15) is 0 Å². The monoisotopic (exact) mass is 321 g/mol. The SMILES string of the molecule is CCN1CCN=C1NC1C=CCCC1.I. The number of rotatable bonds is 2. The number of nitrogens with one attached hydrogen (secondary N) is 1. The Morgan fingerprint density at radius 2 is 2.47 bits per heavy atom. The molecule has 1 N–H and O–H groups in total. The largest absolute Gasteiger partial charge is 0.350 e. The Bertz CT molecular complexity index is 250. The minimum atomic E-state index is 0. The van der Waals surface area contributed by atoms with Gasteiger partial charge >= 0.3 is 0 Å². The summed E-state index contributed by atoms with van der Waals surface area (Å²) < 4.78 is 0. The van der Waals surface area contributed by atoms with E-state index in [1.807, 2.05) is 0 Å². The molecule has 0 fully saturated rings. The molecule has 0 saturated heterocycles. The van der Waals surface area contributed by atoms with Gasteiger partial charge in [-0.05, 0) is 26.2 Å². The normalized spacial score (nSPS) is 24.7. The van der Waals surface area contributed by atoms with Crippen molar-refractivity contribution in [3.05, 3.63) is 12.2 Å². The van der Waals surface area contributed by atoms with Crippen molar-refractivity contribution in [3.63, 3.8) is 0 Å². The van der Waals surface area contributed by atoms with E-state index in [9.17, 15) is 0 Å². The van der Waals surface area contributed by atoms with Crippen LogP contribution in [-0.4, -0.2) is 36.5 Å². The van der Waals surface area contributed by atoms with Crippen molar-refractivity contribution in [2.24, 2.45) is 4.99 Å². The number of hydrogen-bond acceptors (Lipinski definition) is 3. The molecule has 0 spiro atoms. The molecule has 0 aromatic rings. The standard InChI is InChI=1S/C11H19N3.HI/c1-2-14-9-8-12-11(14)13-10-6-4-3-5-7-10;/h4,6,10H,2-3,5,7-9H2,1H3,(H,12,13);1H. The number of allylic oxidation sites excluding steroid dienone is 1. The van der Waals surface area contributed by atoms with Crippen LogP contribution in [0.5, 0.6) is 0 Å². The van der Waals surface area contributed by atoms with Gasteiger partial charge in [-0.1, -0.05) is 12.2 Å². The zero-order valence-corrected chi connectivity index (χ0v) is 11.6.